The summed E-state index contributed by atoms with van der Waals surface area (Å²) in [6.45, 7) is 3.71. The van der Waals surface area contributed by atoms with Gasteiger partial charge in [-0.2, -0.15) is 8.78 Å². The second kappa shape index (κ2) is 13.6. The van der Waals surface area contributed by atoms with Gasteiger partial charge in [-0.25, -0.2) is 13.2 Å². The van der Waals surface area contributed by atoms with Crippen molar-refractivity contribution in [2.24, 2.45) is 11.3 Å². The van der Waals surface area contributed by atoms with Crippen molar-refractivity contribution in [1.29, 1.82) is 0 Å². The molecule has 0 bridgehead atoms. The van der Waals surface area contributed by atoms with Crippen molar-refractivity contribution in [2.75, 3.05) is 18.5 Å². The Bertz CT molecular complexity index is 1400. The van der Waals surface area contributed by atoms with Crippen LogP contribution in [0.5, 0.6) is 5.75 Å². The van der Waals surface area contributed by atoms with Crippen molar-refractivity contribution in [3.05, 3.63) is 59.4 Å². The van der Waals surface area contributed by atoms with Crippen LogP contribution in [0.2, 0.25) is 0 Å². The third-order valence-electron chi connectivity index (χ3n) is 6.55. The van der Waals surface area contributed by atoms with Crippen LogP contribution < -0.4 is 26.0 Å². The quantitative estimate of drug-likeness (QED) is 0.185. The highest BCUT2D eigenvalue weighted by Crippen LogP contribution is 2.27. The first-order chi connectivity index (χ1) is 20.1. The molecule has 2 aromatic carbocycles. The molecule has 2 aromatic rings. The lowest BCUT2D eigenvalue weighted by Gasteiger charge is -2.32. The van der Waals surface area contributed by atoms with E-state index in [1.807, 2.05) is 0 Å². The largest absolute Gasteiger partial charge is 0.479 e. The van der Waals surface area contributed by atoms with Gasteiger partial charge in [0.1, 0.15) is 18.5 Å². The van der Waals surface area contributed by atoms with Crippen molar-refractivity contribution in [3.8, 4) is 5.75 Å². The van der Waals surface area contributed by atoms with Crippen LogP contribution in [0.4, 0.5) is 27.6 Å². The van der Waals surface area contributed by atoms with Crippen LogP contribution in [0.25, 0.3) is 0 Å². The second-order valence-electron chi connectivity index (χ2n) is 10.8. The fourth-order valence-electron chi connectivity index (χ4n) is 4.22. The minimum Gasteiger partial charge on any atom is -0.479 e. The number of halogens is 5. The number of Topliss-reactive ketones (excluding diaryl/α,β-unsaturated/α-hetero) is 1. The molecule has 1 fully saturated rings. The van der Waals surface area contributed by atoms with Gasteiger partial charge in [-0.15, -0.1) is 0 Å². The van der Waals surface area contributed by atoms with E-state index < -0.39 is 94.3 Å². The number of anilines is 1. The number of carbonyl (C=O) groups is 5. The fourth-order valence-corrected chi connectivity index (χ4v) is 4.22. The number of hydrogen-bond acceptors (Lipinski definition) is 6. The van der Waals surface area contributed by atoms with Gasteiger partial charge in [0.15, 0.2) is 23.2 Å². The van der Waals surface area contributed by atoms with E-state index >= 15 is 0 Å². The van der Waals surface area contributed by atoms with Gasteiger partial charge in [0.25, 0.3) is 0 Å². The average Bonchev–Trinajstić information content (AvgIpc) is 3.34. The molecule has 0 saturated carbocycles. The van der Waals surface area contributed by atoms with Gasteiger partial charge in [-0.1, -0.05) is 32.9 Å². The van der Waals surface area contributed by atoms with Gasteiger partial charge in [0, 0.05) is 18.5 Å². The molecule has 0 aliphatic carbocycles. The van der Waals surface area contributed by atoms with Crippen molar-refractivity contribution in [3.63, 3.8) is 0 Å². The fraction of sp³-hybridized carbons (Fsp3) is 0.393. The van der Waals surface area contributed by atoms with Crippen molar-refractivity contribution < 1.29 is 50.7 Å². The lowest BCUT2D eigenvalue weighted by Crippen LogP contribution is -2.58. The summed E-state index contributed by atoms with van der Waals surface area (Å²) >= 11 is 0. The number of para-hydroxylation sites is 1. The summed E-state index contributed by atoms with van der Waals surface area (Å²) in [7, 11) is 0. The molecule has 0 radical (unpaired) electrons. The maximum Gasteiger partial charge on any atom is 0.313 e. The number of nitrogens with one attached hydrogen (secondary N) is 4. The normalized spacial score (nSPS) is 16.1. The summed E-state index contributed by atoms with van der Waals surface area (Å²) in [5.74, 6) is -15.4. The molecule has 0 aromatic heterocycles. The first-order valence-corrected chi connectivity index (χ1v) is 13.0. The molecule has 10 nitrogen and oxygen atoms in total. The summed E-state index contributed by atoms with van der Waals surface area (Å²) in [6, 6.07) is 2.01. The van der Waals surface area contributed by atoms with Crippen molar-refractivity contribution >= 4 is 35.1 Å². The van der Waals surface area contributed by atoms with Gasteiger partial charge in [0.05, 0.1) is 11.7 Å². The zero-order chi connectivity index (χ0) is 32.1. The number of benzene rings is 2. The maximum absolute atomic E-state index is 14.0. The Morgan fingerprint density at radius 2 is 1.58 bits per heavy atom. The molecule has 1 aliphatic rings. The van der Waals surface area contributed by atoms with Crippen LogP contribution in [0, 0.1) is 40.4 Å². The Kier molecular flexibility index (Phi) is 10.4. The number of hydrogen-bond donors (Lipinski definition) is 4. The minimum atomic E-state index is -1.88. The van der Waals surface area contributed by atoms with E-state index in [1.54, 1.807) is 0 Å². The zero-order valence-electron chi connectivity index (χ0n) is 23.3. The zero-order valence-corrected chi connectivity index (χ0v) is 23.3. The molecule has 0 unspecified atom stereocenters. The van der Waals surface area contributed by atoms with Crippen LogP contribution >= 0.6 is 0 Å². The van der Waals surface area contributed by atoms with Gasteiger partial charge >= 0.3 is 11.8 Å². The lowest BCUT2D eigenvalue weighted by molar-refractivity contribution is -0.140. The Hall–Kier alpha value is -4.56. The monoisotopic (exact) mass is 612 g/mol. The molecule has 0 spiro atoms. The Morgan fingerprint density at radius 3 is 2.14 bits per heavy atom. The molecule has 3 atom stereocenters. The second-order valence-corrected chi connectivity index (χ2v) is 10.8. The third kappa shape index (κ3) is 8.26. The topological polar surface area (TPSA) is 143 Å². The maximum atomic E-state index is 14.0. The van der Waals surface area contributed by atoms with Gasteiger partial charge < -0.3 is 26.0 Å². The molecule has 4 amide bonds. The molecule has 43 heavy (non-hydrogen) atoms. The van der Waals surface area contributed by atoms with E-state index in [-0.39, 0.29) is 31.1 Å². The van der Waals surface area contributed by atoms with E-state index in [2.05, 4.69) is 21.3 Å². The highest BCUT2D eigenvalue weighted by molar-refractivity contribution is 6.40. The van der Waals surface area contributed by atoms with Crippen molar-refractivity contribution in [1.82, 2.24) is 16.0 Å². The van der Waals surface area contributed by atoms with E-state index in [4.69, 9.17) is 4.74 Å². The van der Waals surface area contributed by atoms with Crippen LogP contribution in [0.15, 0.2) is 30.3 Å². The van der Waals surface area contributed by atoms with E-state index in [9.17, 15) is 45.9 Å². The number of carbonyl (C=O) groups excluding carboxylic acids is 5. The predicted molar refractivity (Wildman–Crippen MR) is 141 cm³/mol. The number of rotatable bonds is 10. The van der Waals surface area contributed by atoms with E-state index in [0.717, 1.165) is 6.07 Å². The standard InChI is InChI=1S/C28H29F5N4O6/c1-28(2,3)23(37-27(42)26(41)35-17-7-5-4-6-14(17)29)25(40)36-18(10-13-8-9-34-24(13)39)19(38)12-43-22-20(32)15(30)11-16(31)21(22)33/h4-7,11,13,18,23H,8-10,12H2,1-3H3,(H,34,39)(H,35,41)(H,36,40)(H,37,42)/t13-,18-,23+/m0/s1. The van der Waals surface area contributed by atoms with E-state index in [0.29, 0.717) is 0 Å². The number of ether oxygens (including phenoxy) is 1. The third-order valence-corrected chi connectivity index (χ3v) is 6.55. The molecule has 15 heteroatoms. The summed E-state index contributed by atoms with van der Waals surface area (Å²) in [5, 5.41) is 9.25. The molecule has 232 valence electrons. The summed E-state index contributed by atoms with van der Waals surface area (Å²) in [6.07, 6.45) is -0.00577. The molecular weight excluding hydrogens is 583 g/mol. The molecule has 3 rings (SSSR count). The minimum absolute atomic E-state index is 0.0430. The van der Waals surface area contributed by atoms with Crippen LogP contribution in [-0.4, -0.2) is 54.6 Å². The highest BCUT2D eigenvalue weighted by Gasteiger charge is 2.38. The summed E-state index contributed by atoms with van der Waals surface area (Å²) in [5.41, 5.74) is -1.36. The SMILES string of the molecule is CC(C)(C)[C@H](NC(=O)C(=O)Nc1ccccc1F)C(=O)N[C@@H](C[C@@H]1CCNC1=O)C(=O)COc1c(F)c(F)cc(F)c1F. The van der Waals surface area contributed by atoms with E-state index in [1.165, 1.54) is 39.0 Å². The number of ketones is 1. The van der Waals surface area contributed by atoms with Crippen LogP contribution in [-0.2, 0) is 24.0 Å². The van der Waals surface area contributed by atoms with Crippen LogP contribution in [0.1, 0.15) is 33.6 Å². The van der Waals surface area contributed by atoms with Crippen LogP contribution in [0.3, 0.4) is 0 Å². The smallest absolute Gasteiger partial charge is 0.313 e. The molecule has 1 heterocycles. The molecule has 1 saturated heterocycles. The predicted octanol–water partition coefficient (Wildman–Crippen LogP) is 2.51. The van der Waals surface area contributed by atoms with Gasteiger partial charge in [-0.05, 0) is 30.4 Å². The Morgan fingerprint density at radius 1 is 0.953 bits per heavy atom. The molecule has 1 aliphatic heterocycles. The highest BCUT2D eigenvalue weighted by atomic mass is 19.2. The number of amides is 4. The molecule has 4 N–H and O–H groups in total. The summed E-state index contributed by atoms with van der Waals surface area (Å²) in [4.78, 5) is 63.7. The average molecular weight is 613 g/mol. The van der Waals surface area contributed by atoms with Gasteiger partial charge in [0.2, 0.25) is 23.4 Å². The van der Waals surface area contributed by atoms with Gasteiger partial charge in [-0.3, -0.25) is 24.0 Å². The first-order valence-electron chi connectivity index (χ1n) is 13.0. The lowest BCUT2D eigenvalue weighted by atomic mass is 9.85. The molecular formula is C28H29F5N4O6. The Labute approximate surface area is 242 Å². The summed E-state index contributed by atoms with van der Waals surface area (Å²) < 4.78 is 73.8. The first kappa shape index (κ1) is 32.9. The van der Waals surface area contributed by atoms with Crippen molar-refractivity contribution in [2.45, 2.75) is 45.7 Å². The Balaban J connectivity index is 1.78.